The van der Waals surface area contributed by atoms with Crippen molar-refractivity contribution in [1.29, 1.82) is 0 Å². The van der Waals surface area contributed by atoms with E-state index in [4.69, 9.17) is 5.73 Å². The number of nitrogens with two attached hydrogens (primary N) is 1. The van der Waals surface area contributed by atoms with Crippen molar-refractivity contribution < 1.29 is 18.0 Å². The molecule has 0 saturated heterocycles. The predicted octanol–water partition coefficient (Wildman–Crippen LogP) is 2.98. The molecular weight excluding hydrogens is 281 g/mol. The van der Waals surface area contributed by atoms with Crippen LogP contribution in [0, 0.1) is 0 Å². The summed E-state index contributed by atoms with van der Waals surface area (Å²) in [6.07, 6.45) is -0.445. The zero-order valence-electron chi connectivity index (χ0n) is 11.7. The molecule has 1 fully saturated rings. The van der Waals surface area contributed by atoms with E-state index < -0.39 is 17.3 Å². The first-order valence-electron chi connectivity index (χ1n) is 7.00. The van der Waals surface area contributed by atoms with E-state index in [2.05, 4.69) is 5.32 Å². The van der Waals surface area contributed by atoms with Gasteiger partial charge in [0.05, 0.1) is 5.56 Å². The van der Waals surface area contributed by atoms with Gasteiger partial charge in [-0.2, -0.15) is 13.2 Å². The lowest BCUT2D eigenvalue weighted by Gasteiger charge is -2.22. The van der Waals surface area contributed by atoms with Gasteiger partial charge in [0.25, 0.3) is 0 Å². The molecule has 1 amide bonds. The molecular formula is C15H19F3N2O. The van der Waals surface area contributed by atoms with Crippen LogP contribution in [0.2, 0.25) is 0 Å². The number of alkyl halides is 3. The lowest BCUT2D eigenvalue weighted by Crippen LogP contribution is -2.42. The smallest absolute Gasteiger partial charge is 0.352 e. The number of benzene rings is 1. The maximum absolute atomic E-state index is 12.6. The molecule has 3 N–H and O–H groups in total. The molecule has 116 valence electrons. The van der Waals surface area contributed by atoms with Crippen LogP contribution in [0.25, 0.3) is 0 Å². The molecule has 2 rings (SSSR count). The lowest BCUT2D eigenvalue weighted by molar-refractivity contribution is -0.137. The van der Waals surface area contributed by atoms with Crippen LogP contribution in [0.15, 0.2) is 24.3 Å². The first-order valence-corrected chi connectivity index (χ1v) is 7.00. The number of carbonyl (C=O) groups is 1. The Balaban J connectivity index is 1.89. The summed E-state index contributed by atoms with van der Waals surface area (Å²) < 4.78 is 37.8. The molecule has 0 unspecified atom stereocenters. The average molecular weight is 300 g/mol. The lowest BCUT2D eigenvalue weighted by atomic mass is 9.94. The molecule has 21 heavy (non-hydrogen) atoms. The van der Waals surface area contributed by atoms with Crippen molar-refractivity contribution in [1.82, 2.24) is 5.32 Å². The van der Waals surface area contributed by atoms with Gasteiger partial charge in [0, 0.05) is 18.5 Å². The standard InChI is InChI=1S/C15H19F3N2O/c16-15(17,18)12-5-3-4-11(8-12)10-20-13(21)9-14(19)6-1-2-7-14/h3-5,8H,1-2,6-7,9-10,19H2,(H,20,21). The summed E-state index contributed by atoms with van der Waals surface area (Å²) in [4.78, 5) is 11.8. The molecule has 3 nitrogen and oxygen atoms in total. The zero-order valence-corrected chi connectivity index (χ0v) is 11.7. The van der Waals surface area contributed by atoms with Gasteiger partial charge in [-0.05, 0) is 30.5 Å². The Kier molecular flexibility index (Phi) is 4.56. The fraction of sp³-hybridized carbons (Fsp3) is 0.533. The molecule has 0 spiro atoms. The topological polar surface area (TPSA) is 55.1 Å². The van der Waals surface area contributed by atoms with Crippen molar-refractivity contribution in [2.24, 2.45) is 5.73 Å². The van der Waals surface area contributed by atoms with Crippen LogP contribution < -0.4 is 11.1 Å². The van der Waals surface area contributed by atoms with E-state index in [0.29, 0.717) is 5.56 Å². The Morgan fingerprint density at radius 1 is 1.29 bits per heavy atom. The van der Waals surface area contributed by atoms with Gasteiger partial charge < -0.3 is 11.1 Å². The van der Waals surface area contributed by atoms with Crippen LogP contribution in [0.4, 0.5) is 13.2 Å². The van der Waals surface area contributed by atoms with Crippen molar-refractivity contribution in [3.05, 3.63) is 35.4 Å². The summed E-state index contributed by atoms with van der Waals surface area (Å²) in [7, 11) is 0. The minimum absolute atomic E-state index is 0.0822. The second-order valence-corrected chi connectivity index (χ2v) is 5.72. The van der Waals surface area contributed by atoms with Crippen LogP contribution in [-0.4, -0.2) is 11.4 Å². The summed E-state index contributed by atoms with van der Waals surface area (Å²) in [5, 5.41) is 2.64. The number of rotatable bonds is 4. The fourth-order valence-electron chi connectivity index (χ4n) is 2.70. The Bertz CT molecular complexity index is 508. The third-order valence-electron chi connectivity index (χ3n) is 3.86. The average Bonchev–Trinajstić information content (AvgIpc) is 2.82. The molecule has 0 aromatic heterocycles. The number of hydrogen-bond acceptors (Lipinski definition) is 2. The van der Waals surface area contributed by atoms with E-state index >= 15 is 0 Å². The summed E-state index contributed by atoms with van der Waals surface area (Å²) in [6, 6.07) is 4.96. The van der Waals surface area contributed by atoms with E-state index in [9.17, 15) is 18.0 Å². The molecule has 1 aliphatic carbocycles. The van der Waals surface area contributed by atoms with E-state index in [0.717, 1.165) is 37.8 Å². The summed E-state index contributed by atoms with van der Waals surface area (Å²) >= 11 is 0. The molecule has 0 bridgehead atoms. The molecule has 1 aliphatic rings. The molecule has 0 atom stereocenters. The minimum atomic E-state index is -4.37. The van der Waals surface area contributed by atoms with Gasteiger partial charge in [-0.1, -0.05) is 25.0 Å². The van der Waals surface area contributed by atoms with Crippen molar-refractivity contribution >= 4 is 5.91 Å². The maximum atomic E-state index is 12.6. The highest BCUT2D eigenvalue weighted by atomic mass is 19.4. The third kappa shape index (κ3) is 4.46. The summed E-state index contributed by atoms with van der Waals surface area (Å²) in [6.45, 7) is 0.0822. The Hall–Kier alpha value is -1.56. The SMILES string of the molecule is NC1(CC(=O)NCc2cccc(C(F)(F)F)c2)CCCC1. The Morgan fingerprint density at radius 3 is 2.57 bits per heavy atom. The largest absolute Gasteiger partial charge is 0.416 e. The zero-order chi connectivity index (χ0) is 15.5. The molecule has 1 aromatic rings. The van der Waals surface area contributed by atoms with E-state index in [1.165, 1.54) is 6.07 Å². The molecule has 1 saturated carbocycles. The van der Waals surface area contributed by atoms with E-state index in [-0.39, 0.29) is 18.9 Å². The maximum Gasteiger partial charge on any atom is 0.416 e. The van der Waals surface area contributed by atoms with Crippen molar-refractivity contribution in [2.45, 2.75) is 50.4 Å². The number of nitrogens with one attached hydrogen (secondary N) is 1. The first-order chi connectivity index (χ1) is 9.78. The van der Waals surface area contributed by atoms with Gasteiger partial charge in [-0.15, -0.1) is 0 Å². The molecule has 0 heterocycles. The molecule has 6 heteroatoms. The monoisotopic (exact) mass is 300 g/mol. The second-order valence-electron chi connectivity index (χ2n) is 5.72. The Labute approximate surface area is 121 Å². The van der Waals surface area contributed by atoms with E-state index in [1.54, 1.807) is 6.07 Å². The summed E-state index contributed by atoms with van der Waals surface area (Å²) in [5.74, 6) is -0.211. The van der Waals surface area contributed by atoms with Gasteiger partial charge in [0.15, 0.2) is 0 Å². The number of carbonyl (C=O) groups excluding carboxylic acids is 1. The normalized spacial score (nSPS) is 17.7. The first kappa shape index (κ1) is 15.8. The molecule has 1 aromatic carbocycles. The van der Waals surface area contributed by atoms with Gasteiger partial charge in [-0.25, -0.2) is 0 Å². The third-order valence-corrected chi connectivity index (χ3v) is 3.86. The Morgan fingerprint density at radius 2 is 1.95 bits per heavy atom. The predicted molar refractivity (Wildman–Crippen MR) is 73.3 cm³/mol. The van der Waals surface area contributed by atoms with Crippen LogP contribution in [0.1, 0.15) is 43.2 Å². The fourth-order valence-corrected chi connectivity index (χ4v) is 2.70. The molecule has 0 aliphatic heterocycles. The van der Waals surface area contributed by atoms with Crippen LogP contribution in [0.5, 0.6) is 0 Å². The second kappa shape index (κ2) is 6.05. The number of amides is 1. The van der Waals surface area contributed by atoms with Gasteiger partial charge >= 0.3 is 6.18 Å². The quantitative estimate of drug-likeness (QED) is 0.898. The van der Waals surface area contributed by atoms with E-state index in [1.807, 2.05) is 0 Å². The number of halogens is 3. The minimum Gasteiger partial charge on any atom is -0.352 e. The van der Waals surface area contributed by atoms with Crippen LogP contribution >= 0.6 is 0 Å². The van der Waals surface area contributed by atoms with Crippen LogP contribution in [0.3, 0.4) is 0 Å². The molecule has 0 radical (unpaired) electrons. The highest BCUT2D eigenvalue weighted by molar-refractivity contribution is 5.77. The highest BCUT2D eigenvalue weighted by Crippen LogP contribution is 2.30. The van der Waals surface area contributed by atoms with Crippen molar-refractivity contribution in [2.75, 3.05) is 0 Å². The van der Waals surface area contributed by atoms with Gasteiger partial charge in [0.1, 0.15) is 0 Å². The van der Waals surface area contributed by atoms with Crippen molar-refractivity contribution in [3.8, 4) is 0 Å². The van der Waals surface area contributed by atoms with Crippen LogP contribution in [-0.2, 0) is 17.5 Å². The highest BCUT2D eigenvalue weighted by Gasteiger charge is 2.32. The van der Waals surface area contributed by atoms with Crippen molar-refractivity contribution in [3.63, 3.8) is 0 Å². The van der Waals surface area contributed by atoms with Gasteiger partial charge in [0.2, 0.25) is 5.91 Å². The van der Waals surface area contributed by atoms with Gasteiger partial charge in [-0.3, -0.25) is 4.79 Å². The number of hydrogen-bond donors (Lipinski definition) is 2. The summed E-state index contributed by atoms with van der Waals surface area (Å²) in [5.41, 5.74) is 5.37.